The summed E-state index contributed by atoms with van der Waals surface area (Å²) in [5.74, 6) is -2.76. The van der Waals surface area contributed by atoms with Crippen molar-refractivity contribution >= 4 is 34.4 Å². The number of piperazine rings is 2. The van der Waals surface area contributed by atoms with Crippen molar-refractivity contribution in [3.63, 3.8) is 0 Å². The average molecular weight is 476 g/mol. The van der Waals surface area contributed by atoms with E-state index in [1.165, 1.54) is 4.90 Å². The highest BCUT2D eigenvalue weighted by Gasteiger charge is 2.38. The van der Waals surface area contributed by atoms with Crippen LogP contribution in [0, 0.1) is 0 Å². The van der Waals surface area contributed by atoms with Crippen LogP contribution in [0.15, 0.2) is 42.5 Å². The average Bonchev–Trinajstić information content (AvgIpc) is 2.83. The molecule has 8 nitrogen and oxygen atoms in total. The van der Waals surface area contributed by atoms with Gasteiger partial charge in [0.1, 0.15) is 13.1 Å². The van der Waals surface area contributed by atoms with E-state index in [9.17, 15) is 32.3 Å². The topological polar surface area (TPSA) is 81.2 Å². The molecule has 2 aliphatic heterocycles. The summed E-state index contributed by atoms with van der Waals surface area (Å²) >= 11 is 0. The SMILES string of the molecule is O=C1CN(C(=O)C(=O)N2CCN(C(=O)c3cccc4ccccc34)CC2)CCN1CC(F)(F)F. The van der Waals surface area contributed by atoms with Gasteiger partial charge in [-0.05, 0) is 16.8 Å². The zero-order valence-corrected chi connectivity index (χ0v) is 18.3. The molecule has 0 spiro atoms. The van der Waals surface area contributed by atoms with Crippen LogP contribution in [0.3, 0.4) is 0 Å². The van der Waals surface area contributed by atoms with Crippen LogP contribution in [0.5, 0.6) is 0 Å². The maximum absolute atomic E-state index is 13.1. The quantitative estimate of drug-likeness (QED) is 0.613. The van der Waals surface area contributed by atoms with Gasteiger partial charge >= 0.3 is 18.0 Å². The first-order valence-corrected chi connectivity index (χ1v) is 10.8. The Kier molecular flexibility index (Phi) is 6.45. The second-order valence-electron chi connectivity index (χ2n) is 8.27. The van der Waals surface area contributed by atoms with E-state index in [1.807, 2.05) is 36.4 Å². The van der Waals surface area contributed by atoms with E-state index in [0.29, 0.717) is 10.5 Å². The van der Waals surface area contributed by atoms with Gasteiger partial charge in [-0.25, -0.2) is 0 Å². The minimum absolute atomic E-state index is 0.142. The van der Waals surface area contributed by atoms with Gasteiger partial charge in [0.05, 0.1) is 0 Å². The lowest BCUT2D eigenvalue weighted by molar-refractivity contribution is -0.169. The molecule has 2 heterocycles. The number of hydrogen-bond acceptors (Lipinski definition) is 4. The Morgan fingerprint density at radius 1 is 0.765 bits per heavy atom. The monoisotopic (exact) mass is 476 g/mol. The van der Waals surface area contributed by atoms with Gasteiger partial charge in [0.25, 0.3) is 5.91 Å². The van der Waals surface area contributed by atoms with Crippen molar-refractivity contribution in [1.82, 2.24) is 19.6 Å². The fourth-order valence-electron chi connectivity index (χ4n) is 4.23. The van der Waals surface area contributed by atoms with E-state index >= 15 is 0 Å². The predicted molar refractivity (Wildman–Crippen MR) is 116 cm³/mol. The number of halogens is 3. The zero-order chi connectivity index (χ0) is 24.5. The number of nitrogens with zero attached hydrogens (tertiary/aromatic N) is 4. The van der Waals surface area contributed by atoms with Crippen LogP contribution in [0.2, 0.25) is 0 Å². The van der Waals surface area contributed by atoms with Crippen molar-refractivity contribution in [2.24, 2.45) is 0 Å². The van der Waals surface area contributed by atoms with Crippen LogP contribution >= 0.6 is 0 Å². The third-order valence-electron chi connectivity index (χ3n) is 6.03. The molecule has 0 saturated carbocycles. The van der Waals surface area contributed by atoms with Crippen molar-refractivity contribution in [3.8, 4) is 0 Å². The molecule has 0 aliphatic carbocycles. The van der Waals surface area contributed by atoms with Crippen LogP contribution < -0.4 is 0 Å². The molecule has 0 unspecified atom stereocenters. The Morgan fingerprint density at radius 2 is 1.35 bits per heavy atom. The molecular formula is C23H23F3N4O4. The maximum Gasteiger partial charge on any atom is 0.406 e. The predicted octanol–water partition coefficient (Wildman–Crippen LogP) is 1.36. The molecule has 0 radical (unpaired) electrons. The van der Waals surface area contributed by atoms with Gasteiger partial charge in [-0.2, -0.15) is 13.2 Å². The third-order valence-corrected chi connectivity index (χ3v) is 6.03. The first-order chi connectivity index (χ1) is 16.1. The van der Waals surface area contributed by atoms with E-state index in [0.717, 1.165) is 15.7 Å². The summed E-state index contributed by atoms with van der Waals surface area (Å²) in [4.78, 5) is 54.8. The normalized spacial score (nSPS) is 17.3. The molecule has 0 atom stereocenters. The van der Waals surface area contributed by atoms with E-state index in [4.69, 9.17) is 0 Å². The Labute approximate surface area is 193 Å². The molecular weight excluding hydrogens is 453 g/mol. The number of carbonyl (C=O) groups excluding carboxylic acids is 4. The van der Waals surface area contributed by atoms with E-state index in [-0.39, 0.29) is 45.2 Å². The largest absolute Gasteiger partial charge is 0.406 e. The molecule has 11 heteroatoms. The summed E-state index contributed by atoms with van der Waals surface area (Å²) < 4.78 is 37.7. The van der Waals surface area contributed by atoms with Crippen LogP contribution in [0.1, 0.15) is 10.4 Å². The molecule has 34 heavy (non-hydrogen) atoms. The molecule has 2 fully saturated rings. The molecule has 0 bridgehead atoms. The van der Waals surface area contributed by atoms with Crippen LogP contribution in [0.25, 0.3) is 10.8 Å². The highest BCUT2D eigenvalue weighted by atomic mass is 19.4. The van der Waals surface area contributed by atoms with Crippen molar-refractivity contribution in [3.05, 3.63) is 48.0 Å². The summed E-state index contributed by atoms with van der Waals surface area (Å²) in [7, 11) is 0. The summed E-state index contributed by atoms with van der Waals surface area (Å²) in [5.41, 5.74) is 0.559. The highest BCUT2D eigenvalue weighted by molar-refractivity contribution is 6.35. The van der Waals surface area contributed by atoms with Gasteiger partial charge < -0.3 is 19.6 Å². The maximum atomic E-state index is 13.1. The van der Waals surface area contributed by atoms with Gasteiger partial charge in [-0.1, -0.05) is 36.4 Å². The van der Waals surface area contributed by atoms with Crippen LogP contribution in [0.4, 0.5) is 13.2 Å². The first-order valence-electron chi connectivity index (χ1n) is 10.8. The number of rotatable bonds is 2. The molecule has 2 aromatic rings. The fraction of sp³-hybridized carbons (Fsp3) is 0.391. The summed E-state index contributed by atoms with van der Waals surface area (Å²) in [6.45, 7) is -1.63. The summed E-state index contributed by atoms with van der Waals surface area (Å²) in [6.07, 6.45) is -4.53. The molecule has 2 saturated heterocycles. The van der Waals surface area contributed by atoms with Gasteiger partial charge in [-0.3, -0.25) is 19.2 Å². The molecule has 0 N–H and O–H groups in total. The minimum atomic E-state index is -4.53. The number of carbonyl (C=O) groups is 4. The standard InChI is InChI=1S/C23H23F3N4O4/c24-23(25,26)15-30-13-12-29(14-19(30)31)22(34)21(33)28-10-8-27(9-11-28)20(32)18-7-3-5-16-4-1-2-6-17(16)18/h1-7H,8-15H2. The van der Waals surface area contributed by atoms with Crippen LogP contribution in [-0.2, 0) is 14.4 Å². The van der Waals surface area contributed by atoms with Crippen LogP contribution in [-0.4, -0.2) is 102 Å². The second-order valence-corrected chi connectivity index (χ2v) is 8.27. The van der Waals surface area contributed by atoms with Gasteiger partial charge in [0, 0.05) is 44.8 Å². The number of amides is 4. The van der Waals surface area contributed by atoms with E-state index in [2.05, 4.69) is 0 Å². The first kappa shape index (κ1) is 23.5. The van der Waals surface area contributed by atoms with Gasteiger partial charge in [-0.15, -0.1) is 0 Å². The third kappa shape index (κ3) is 4.97. The number of fused-ring (bicyclic) bond motifs is 1. The molecule has 4 amide bonds. The van der Waals surface area contributed by atoms with E-state index < -0.39 is 37.0 Å². The Morgan fingerprint density at radius 3 is 2.03 bits per heavy atom. The number of alkyl halides is 3. The summed E-state index contributed by atoms with van der Waals surface area (Å²) in [5, 5.41) is 1.77. The van der Waals surface area contributed by atoms with Crippen molar-refractivity contribution in [2.45, 2.75) is 6.18 Å². The Balaban J connectivity index is 1.33. The summed E-state index contributed by atoms with van der Waals surface area (Å²) in [6, 6.07) is 13.0. The van der Waals surface area contributed by atoms with E-state index in [1.54, 1.807) is 11.0 Å². The van der Waals surface area contributed by atoms with Crippen molar-refractivity contribution in [1.29, 1.82) is 0 Å². The van der Waals surface area contributed by atoms with Crippen molar-refractivity contribution < 1.29 is 32.3 Å². The fourth-order valence-corrected chi connectivity index (χ4v) is 4.23. The molecule has 0 aromatic heterocycles. The Bertz CT molecular complexity index is 1120. The zero-order valence-electron chi connectivity index (χ0n) is 18.3. The lowest BCUT2D eigenvalue weighted by Gasteiger charge is -2.37. The van der Waals surface area contributed by atoms with Gasteiger partial charge in [0.15, 0.2) is 0 Å². The Hall–Kier alpha value is -3.63. The second kappa shape index (κ2) is 9.32. The lowest BCUT2D eigenvalue weighted by Crippen LogP contribution is -2.59. The van der Waals surface area contributed by atoms with Crippen molar-refractivity contribution in [2.75, 3.05) is 52.4 Å². The minimum Gasteiger partial charge on any atom is -0.335 e. The molecule has 4 rings (SSSR count). The lowest BCUT2D eigenvalue weighted by atomic mass is 10.0. The molecule has 2 aliphatic rings. The highest BCUT2D eigenvalue weighted by Crippen LogP contribution is 2.21. The number of hydrogen-bond donors (Lipinski definition) is 0. The smallest absolute Gasteiger partial charge is 0.335 e. The number of benzene rings is 2. The molecule has 180 valence electrons. The van der Waals surface area contributed by atoms with Gasteiger partial charge in [0.2, 0.25) is 5.91 Å². The molecule has 2 aromatic carbocycles.